The minimum Gasteiger partial charge on any atom is -0.342 e. The molecule has 2 saturated heterocycles. The highest BCUT2D eigenvalue weighted by atomic mass is 32.2. The zero-order valence-corrected chi connectivity index (χ0v) is 26.1. The Morgan fingerprint density at radius 3 is 2.17 bits per heavy atom. The number of sulfone groups is 1. The zero-order chi connectivity index (χ0) is 30.4. The molecule has 230 valence electrons. The molecule has 2 aliphatic rings. The Bertz CT molecular complexity index is 1440. The first-order valence-electron chi connectivity index (χ1n) is 14.6. The summed E-state index contributed by atoms with van der Waals surface area (Å²) in [5.41, 5.74) is 0.477. The van der Waals surface area contributed by atoms with Crippen LogP contribution in [0.3, 0.4) is 0 Å². The topological polar surface area (TPSA) is 133 Å². The highest BCUT2D eigenvalue weighted by Crippen LogP contribution is 2.34. The quantitative estimate of drug-likeness (QED) is 0.330. The van der Waals surface area contributed by atoms with E-state index in [9.17, 15) is 26.4 Å². The van der Waals surface area contributed by atoms with Crippen molar-refractivity contribution in [2.24, 2.45) is 0 Å². The van der Waals surface area contributed by atoms with Crippen molar-refractivity contribution in [3.63, 3.8) is 0 Å². The lowest BCUT2D eigenvalue weighted by atomic mass is 9.81. The number of hydrogen-bond donors (Lipinski definition) is 2. The third kappa shape index (κ3) is 7.58. The number of likely N-dealkylation sites (tertiary alicyclic amines) is 1. The molecule has 1 spiro atoms. The fourth-order valence-electron chi connectivity index (χ4n) is 5.82. The molecule has 2 N–H and O–H groups in total. The van der Waals surface area contributed by atoms with Crippen LogP contribution >= 0.6 is 0 Å². The van der Waals surface area contributed by atoms with Gasteiger partial charge >= 0.3 is 0 Å². The highest BCUT2D eigenvalue weighted by Gasteiger charge is 2.53. The molecule has 2 amide bonds. The molecule has 10 nitrogen and oxygen atoms in total. The predicted octanol–water partition coefficient (Wildman–Crippen LogP) is 2.35. The van der Waals surface area contributed by atoms with Gasteiger partial charge in [-0.05, 0) is 74.8 Å². The Labute approximate surface area is 249 Å². The summed E-state index contributed by atoms with van der Waals surface area (Å²) in [6.45, 7) is 5.14. The standard InChI is InChI=1S/C30H42N4O6S2/c1-3-20-34-28(35)27(11-7-8-19-31-42(39,40)26-14-12-25(13-15-26)41(2,37)38)32-29(36)30(34)17-22-33(23-18-30)21-16-24-9-5-4-6-10-24/h4-6,9-10,12-15,27,31H,3,7-8,11,16-23H2,1-2H3,(H,32,36)/t27-/m0/s1. The molecule has 0 radical (unpaired) electrons. The molecule has 2 fully saturated rings. The van der Waals surface area contributed by atoms with E-state index in [1.54, 1.807) is 0 Å². The summed E-state index contributed by atoms with van der Waals surface area (Å²) in [4.78, 5) is 31.3. The van der Waals surface area contributed by atoms with Crippen LogP contribution < -0.4 is 10.0 Å². The number of piperazine rings is 1. The van der Waals surface area contributed by atoms with Crippen LogP contribution in [-0.4, -0.2) is 89.0 Å². The Hall–Kier alpha value is -2.80. The van der Waals surface area contributed by atoms with Crippen LogP contribution in [0.4, 0.5) is 0 Å². The van der Waals surface area contributed by atoms with Crippen molar-refractivity contribution < 1.29 is 26.4 Å². The Kier molecular flexibility index (Phi) is 10.4. The van der Waals surface area contributed by atoms with Crippen LogP contribution in [0.15, 0.2) is 64.4 Å². The molecule has 0 saturated carbocycles. The van der Waals surface area contributed by atoms with Gasteiger partial charge in [0.25, 0.3) is 0 Å². The number of benzene rings is 2. The number of sulfonamides is 1. The Balaban J connectivity index is 1.27. The van der Waals surface area contributed by atoms with E-state index in [1.807, 2.05) is 30.0 Å². The van der Waals surface area contributed by atoms with Crippen LogP contribution in [0.2, 0.25) is 0 Å². The number of carbonyl (C=O) groups excluding carboxylic acids is 2. The lowest BCUT2D eigenvalue weighted by Gasteiger charge is -2.51. The van der Waals surface area contributed by atoms with Crippen molar-refractivity contribution in [2.45, 2.75) is 73.2 Å². The van der Waals surface area contributed by atoms with Gasteiger partial charge in [-0.1, -0.05) is 37.3 Å². The van der Waals surface area contributed by atoms with Crippen molar-refractivity contribution in [3.8, 4) is 0 Å². The SMILES string of the molecule is CCCN1C(=O)[C@H](CCCCNS(=O)(=O)c2ccc(S(C)(=O)=O)cc2)NC(=O)C12CCN(CCc1ccccc1)CC2. The number of unbranched alkanes of at least 4 members (excludes halogenated alkanes) is 1. The summed E-state index contributed by atoms with van der Waals surface area (Å²) in [7, 11) is -7.22. The third-order valence-corrected chi connectivity index (χ3v) is 10.9. The molecule has 1 atom stereocenters. The molecule has 0 aliphatic carbocycles. The summed E-state index contributed by atoms with van der Waals surface area (Å²) >= 11 is 0. The van der Waals surface area contributed by atoms with Gasteiger partial charge in [0.2, 0.25) is 21.8 Å². The van der Waals surface area contributed by atoms with Crippen LogP contribution in [0.25, 0.3) is 0 Å². The molecular formula is C30H42N4O6S2. The predicted molar refractivity (Wildman–Crippen MR) is 161 cm³/mol. The van der Waals surface area contributed by atoms with E-state index in [0.29, 0.717) is 38.6 Å². The van der Waals surface area contributed by atoms with Gasteiger partial charge in [0.1, 0.15) is 11.6 Å². The van der Waals surface area contributed by atoms with Crippen LogP contribution in [-0.2, 0) is 35.9 Å². The molecule has 4 rings (SSSR count). The molecule has 0 aromatic heterocycles. The first kappa shape index (κ1) is 32.1. The molecule has 2 aromatic rings. The number of nitrogens with one attached hydrogen (secondary N) is 2. The second kappa shape index (κ2) is 13.7. The average molecular weight is 619 g/mol. The van der Waals surface area contributed by atoms with Gasteiger partial charge in [-0.15, -0.1) is 0 Å². The maximum absolute atomic E-state index is 13.6. The van der Waals surface area contributed by atoms with Crippen LogP contribution in [0.1, 0.15) is 51.0 Å². The van der Waals surface area contributed by atoms with Gasteiger partial charge in [0, 0.05) is 39.0 Å². The normalized spacial score (nSPS) is 19.7. The van der Waals surface area contributed by atoms with Crippen molar-refractivity contribution in [3.05, 3.63) is 60.2 Å². The highest BCUT2D eigenvalue weighted by molar-refractivity contribution is 7.90. The first-order valence-corrected chi connectivity index (χ1v) is 18.0. The lowest BCUT2D eigenvalue weighted by molar-refractivity contribution is -0.161. The van der Waals surface area contributed by atoms with E-state index < -0.39 is 31.4 Å². The first-order chi connectivity index (χ1) is 20.0. The fraction of sp³-hybridized carbons (Fsp3) is 0.533. The largest absolute Gasteiger partial charge is 0.342 e. The molecule has 12 heteroatoms. The van der Waals surface area contributed by atoms with E-state index in [2.05, 4.69) is 27.1 Å². The van der Waals surface area contributed by atoms with E-state index in [4.69, 9.17) is 0 Å². The monoisotopic (exact) mass is 618 g/mol. The van der Waals surface area contributed by atoms with Gasteiger partial charge < -0.3 is 15.1 Å². The number of hydrogen-bond acceptors (Lipinski definition) is 7. The smallest absolute Gasteiger partial charge is 0.246 e. The second-order valence-electron chi connectivity index (χ2n) is 11.3. The molecule has 0 bridgehead atoms. The molecule has 42 heavy (non-hydrogen) atoms. The van der Waals surface area contributed by atoms with Crippen molar-refractivity contribution >= 4 is 31.7 Å². The third-order valence-electron chi connectivity index (χ3n) is 8.27. The lowest BCUT2D eigenvalue weighted by Crippen LogP contribution is -2.72. The molecule has 0 unspecified atom stereocenters. The maximum Gasteiger partial charge on any atom is 0.246 e. The number of amides is 2. The minimum atomic E-state index is -3.80. The zero-order valence-electron chi connectivity index (χ0n) is 24.4. The molecule has 2 aromatic carbocycles. The van der Waals surface area contributed by atoms with Crippen molar-refractivity contribution in [2.75, 3.05) is 39.0 Å². The molecule has 2 aliphatic heterocycles. The van der Waals surface area contributed by atoms with Gasteiger partial charge in [-0.3, -0.25) is 9.59 Å². The minimum absolute atomic E-state index is 0.0174. The number of nitrogens with zero attached hydrogens (tertiary/aromatic N) is 2. The van der Waals surface area contributed by atoms with E-state index in [1.165, 1.54) is 29.8 Å². The number of rotatable bonds is 13. The van der Waals surface area contributed by atoms with E-state index >= 15 is 0 Å². The van der Waals surface area contributed by atoms with Crippen LogP contribution in [0, 0.1) is 0 Å². The summed E-state index contributed by atoms with van der Waals surface area (Å²) in [6.07, 6.45) is 5.45. The van der Waals surface area contributed by atoms with Gasteiger partial charge in [-0.25, -0.2) is 21.6 Å². The Morgan fingerprint density at radius 2 is 1.55 bits per heavy atom. The van der Waals surface area contributed by atoms with Gasteiger partial charge in [0.15, 0.2) is 9.84 Å². The van der Waals surface area contributed by atoms with Gasteiger partial charge in [-0.2, -0.15) is 0 Å². The second-order valence-corrected chi connectivity index (χ2v) is 15.0. The summed E-state index contributed by atoms with van der Waals surface area (Å²) in [6, 6.07) is 14.8. The fourth-order valence-corrected chi connectivity index (χ4v) is 7.53. The van der Waals surface area contributed by atoms with Crippen molar-refractivity contribution in [1.82, 2.24) is 19.8 Å². The summed E-state index contributed by atoms with van der Waals surface area (Å²) in [5.74, 6) is -0.137. The molecule has 2 heterocycles. The summed E-state index contributed by atoms with van der Waals surface area (Å²) in [5, 5.41) is 3.00. The van der Waals surface area contributed by atoms with Crippen molar-refractivity contribution in [1.29, 1.82) is 0 Å². The number of piperidine rings is 1. The Morgan fingerprint density at radius 1 is 0.905 bits per heavy atom. The number of carbonyl (C=O) groups is 2. The molecular weight excluding hydrogens is 576 g/mol. The van der Waals surface area contributed by atoms with Gasteiger partial charge in [0.05, 0.1) is 9.79 Å². The maximum atomic E-state index is 13.6. The van der Waals surface area contributed by atoms with E-state index in [-0.39, 0.29) is 28.2 Å². The van der Waals surface area contributed by atoms with Crippen LogP contribution in [0.5, 0.6) is 0 Å². The van der Waals surface area contributed by atoms with E-state index in [0.717, 1.165) is 38.7 Å². The average Bonchev–Trinajstić information content (AvgIpc) is 2.97. The summed E-state index contributed by atoms with van der Waals surface area (Å²) < 4.78 is 51.0.